The van der Waals surface area contributed by atoms with Gasteiger partial charge in [-0.2, -0.15) is 5.10 Å². The van der Waals surface area contributed by atoms with E-state index in [1.165, 1.54) is 6.20 Å². The number of aryl methyl sites for hydroxylation is 1. The van der Waals surface area contributed by atoms with Crippen LogP contribution in [0.15, 0.2) is 55.5 Å². The number of hydrogen-bond acceptors (Lipinski definition) is 7. The van der Waals surface area contributed by atoms with Gasteiger partial charge in [0.2, 0.25) is 0 Å². The zero-order valence-electron chi connectivity index (χ0n) is 16.3. The first kappa shape index (κ1) is 17.3. The van der Waals surface area contributed by atoms with Crippen LogP contribution in [0, 0.1) is 6.92 Å². The molecule has 10 nitrogen and oxygen atoms in total. The van der Waals surface area contributed by atoms with Crippen molar-refractivity contribution in [2.75, 3.05) is 0 Å². The summed E-state index contributed by atoms with van der Waals surface area (Å²) in [5, 5.41) is 17.9. The zero-order chi connectivity index (χ0) is 20.9. The number of hydrogen-bond donors (Lipinski definition) is 3. The van der Waals surface area contributed by atoms with Crippen LogP contribution in [0.25, 0.3) is 50.5 Å². The molecule has 31 heavy (non-hydrogen) atoms. The van der Waals surface area contributed by atoms with E-state index < -0.39 is 0 Å². The SMILES string of the molecule is Cc1cn(-c2ccnc3nc(-c4[nH]nc5ncc(-c6cncc(O)c6)cc45)[nH]c23)cn1. The van der Waals surface area contributed by atoms with E-state index >= 15 is 0 Å². The molecule has 0 atom stereocenters. The lowest BCUT2D eigenvalue weighted by Crippen LogP contribution is -1.92. The van der Waals surface area contributed by atoms with Gasteiger partial charge in [0, 0.05) is 35.9 Å². The van der Waals surface area contributed by atoms with Gasteiger partial charge in [-0.3, -0.25) is 10.1 Å². The van der Waals surface area contributed by atoms with Gasteiger partial charge in [0.25, 0.3) is 0 Å². The van der Waals surface area contributed by atoms with Gasteiger partial charge in [0.15, 0.2) is 17.1 Å². The standard InChI is InChI=1S/C21H15N9O/c1-11-9-30(10-25-11)16-2-3-23-20-18(16)26-21(27-20)17-15-5-13(7-24-19(15)29-28-17)12-4-14(31)8-22-6-12/h2-10,31H,1H3,(H,23,26,27)(H,24,28,29). The molecule has 6 aromatic rings. The van der Waals surface area contributed by atoms with Gasteiger partial charge >= 0.3 is 0 Å². The van der Waals surface area contributed by atoms with Gasteiger partial charge in [-0.25, -0.2) is 19.9 Å². The summed E-state index contributed by atoms with van der Waals surface area (Å²) < 4.78 is 1.93. The molecule has 0 amide bonds. The second-order valence-corrected chi connectivity index (χ2v) is 7.16. The lowest BCUT2D eigenvalue weighted by Gasteiger charge is -2.02. The molecule has 0 radical (unpaired) electrons. The third kappa shape index (κ3) is 2.81. The van der Waals surface area contributed by atoms with Crippen LogP contribution in [-0.2, 0) is 0 Å². The van der Waals surface area contributed by atoms with E-state index in [0.29, 0.717) is 22.8 Å². The van der Waals surface area contributed by atoms with Crippen LogP contribution in [0.5, 0.6) is 5.75 Å². The highest BCUT2D eigenvalue weighted by Gasteiger charge is 2.16. The van der Waals surface area contributed by atoms with Crippen LogP contribution < -0.4 is 0 Å². The molecule has 6 rings (SSSR count). The molecule has 0 aromatic carbocycles. The molecule has 10 heteroatoms. The van der Waals surface area contributed by atoms with E-state index in [2.05, 4.69) is 40.1 Å². The lowest BCUT2D eigenvalue weighted by atomic mass is 10.1. The Morgan fingerprint density at radius 3 is 2.74 bits per heavy atom. The fourth-order valence-electron chi connectivity index (χ4n) is 3.61. The molecule has 0 saturated carbocycles. The summed E-state index contributed by atoms with van der Waals surface area (Å²) in [6.45, 7) is 1.94. The van der Waals surface area contributed by atoms with Crippen LogP contribution in [0.2, 0.25) is 0 Å². The number of aromatic amines is 2. The Labute approximate surface area is 174 Å². The molecule has 3 N–H and O–H groups in total. The Kier molecular flexibility index (Phi) is 3.60. The summed E-state index contributed by atoms with van der Waals surface area (Å²) >= 11 is 0. The van der Waals surface area contributed by atoms with Crippen LogP contribution in [0.1, 0.15) is 5.69 Å². The summed E-state index contributed by atoms with van der Waals surface area (Å²) in [4.78, 5) is 25.2. The maximum Gasteiger partial charge on any atom is 0.181 e. The average molecular weight is 409 g/mol. The van der Waals surface area contributed by atoms with E-state index in [-0.39, 0.29) is 5.75 Å². The molecule has 0 bridgehead atoms. The Hall–Kier alpha value is -4.60. The maximum absolute atomic E-state index is 9.75. The number of rotatable bonds is 3. The molecular weight excluding hydrogens is 394 g/mol. The molecule has 0 fully saturated rings. The minimum absolute atomic E-state index is 0.0932. The van der Waals surface area contributed by atoms with Gasteiger partial charge in [-0.05, 0) is 25.1 Å². The first-order chi connectivity index (χ1) is 15.2. The van der Waals surface area contributed by atoms with Crippen molar-refractivity contribution in [3.63, 3.8) is 0 Å². The van der Waals surface area contributed by atoms with Crippen LogP contribution in [-0.4, -0.2) is 49.8 Å². The zero-order valence-corrected chi connectivity index (χ0v) is 16.3. The maximum atomic E-state index is 9.75. The Bertz CT molecular complexity index is 1580. The van der Waals surface area contributed by atoms with Gasteiger partial charge in [-0.1, -0.05) is 0 Å². The fraction of sp³-hybridized carbons (Fsp3) is 0.0476. The normalized spacial score (nSPS) is 11.5. The topological polar surface area (TPSA) is 134 Å². The Morgan fingerprint density at radius 2 is 1.90 bits per heavy atom. The average Bonchev–Trinajstić information content (AvgIpc) is 3.50. The second-order valence-electron chi connectivity index (χ2n) is 7.16. The summed E-state index contributed by atoms with van der Waals surface area (Å²) in [5.74, 6) is 0.693. The van der Waals surface area contributed by atoms with Crippen LogP contribution in [0.3, 0.4) is 0 Å². The highest BCUT2D eigenvalue weighted by molar-refractivity contribution is 5.94. The molecular formula is C21H15N9O. The van der Waals surface area contributed by atoms with E-state index in [9.17, 15) is 5.11 Å². The highest BCUT2D eigenvalue weighted by atomic mass is 16.3. The number of nitrogens with one attached hydrogen (secondary N) is 2. The van der Waals surface area contributed by atoms with Gasteiger partial charge < -0.3 is 14.7 Å². The molecule has 0 aliphatic carbocycles. The minimum atomic E-state index is 0.0932. The van der Waals surface area contributed by atoms with E-state index in [0.717, 1.165) is 33.4 Å². The largest absolute Gasteiger partial charge is 0.506 e. The van der Waals surface area contributed by atoms with Crippen molar-refractivity contribution in [2.45, 2.75) is 6.92 Å². The number of fused-ring (bicyclic) bond motifs is 2. The van der Waals surface area contributed by atoms with Gasteiger partial charge in [0.05, 0.1) is 29.3 Å². The Balaban J connectivity index is 1.51. The first-order valence-electron chi connectivity index (χ1n) is 9.50. The van der Waals surface area contributed by atoms with Crippen molar-refractivity contribution in [2.24, 2.45) is 0 Å². The molecule has 0 aliphatic rings. The molecule has 0 aliphatic heterocycles. The molecule has 6 aromatic heterocycles. The predicted octanol–water partition coefficient (Wildman–Crippen LogP) is 3.16. The number of nitrogens with zero attached hydrogens (tertiary/aromatic N) is 7. The molecule has 0 unspecified atom stereocenters. The molecule has 0 spiro atoms. The van der Waals surface area contributed by atoms with E-state index in [4.69, 9.17) is 0 Å². The third-order valence-corrected chi connectivity index (χ3v) is 5.06. The summed E-state index contributed by atoms with van der Waals surface area (Å²) in [7, 11) is 0. The van der Waals surface area contributed by atoms with Crippen molar-refractivity contribution >= 4 is 22.2 Å². The van der Waals surface area contributed by atoms with Crippen molar-refractivity contribution in [3.8, 4) is 34.1 Å². The van der Waals surface area contributed by atoms with Crippen LogP contribution >= 0.6 is 0 Å². The second kappa shape index (κ2) is 6.46. The smallest absolute Gasteiger partial charge is 0.181 e. The fourth-order valence-corrected chi connectivity index (χ4v) is 3.61. The number of aromatic hydroxyl groups is 1. The molecule has 6 heterocycles. The van der Waals surface area contributed by atoms with Crippen LogP contribution in [0.4, 0.5) is 0 Å². The quantitative estimate of drug-likeness (QED) is 0.409. The number of H-pyrrole nitrogens is 2. The van der Waals surface area contributed by atoms with Crippen molar-refractivity contribution in [1.82, 2.24) is 44.7 Å². The molecule has 150 valence electrons. The number of imidazole rings is 2. The predicted molar refractivity (Wildman–Crippen MR) is 114 cm³/mol. The van der Waals surface area contributed by atoms with Crippen molar-refractivity contribution < 1.29 is 5.11 Å². The summed E-state index contributed by atoms with van der Waals surface area (Å²) in [5.41, 5.74) is 6.02. The van der Waals surface area contributed by atoms with Crippen molar-refractivity contribution in [3.05, 3.63) is 61.2 Å². The van der Waals surface area contributed by atoms with E-state index in [1.54, 1.807) is 31.0 Å². The van der Waals surface area contributed by atoms with E-state index in [1.807, 2.05) is 29.8 Å². The first-order valence-corrected chi connectivity index (χ1v) is 9.50. The molecule has 0 saturated heterocycles. The van der Waals surface area contributed by atoms with Crippen molar-refractivity contribution in [1.29, 1.82) is 0 Å². The lowest BCUT2D eigenvalue weighted by molar-refractivity contribution is 0.473. The summed E-state index contributed by atoms with van der Waals surface area (Å²) in [6.07, 6.45) is 10.2. The van der Waals surface area contributed by atoms with Gasteiger partial charge in [-0.15, -0.1) is 0 Å². The monoisotopic (exact) mass is 409 g/mol. The summed E-state index contributed by atoms with van der Waals surface area (Å²) in [6, 6.07) is 5.49. The highest BCUT2D eigenvalue weighted by Crippen LogP contribution is 2.30. The third-order valence-electron chi connectivity index (χ3n) is 5.06. The number of aromatic nitrogens is 9. The Morgan fingerprint density at radius 1 is 1.00 bits per heavy atom. The van der Waals surface area contributed by atoms with Gasteiger partial charge in [0.1, 0.15) is 17.0 Å². The minimum Gasteiger partial charge on any atom is -0.506 e. The number of pyridine rings is 3.